The molecule has 0 amide bonds. The highest BCUT2D eigenvalue weighted by Crippen LogP contribution is 2.41. The summed E-state index contributed by atoms with van der Waals surface area (Å²) in [4.78, 5) is 17.0. The van der Waals surface area contributed by atoms with Crippen LogP contribution in [0.4, 0.5) is 0 Å². The van der Waals surface area contributed by atoms with Crippen molar-refractivity contribution in [3.8, 4) is 11.4 Å². The monoisotopic (exact) mass is 375 g/mol. The van der Waals surface area contributed by atoms with E-state index in [1.54, 1.807) is 12.1 Å². The average Bonchev–Trinajstić information content (AvgIpc) is 3.01. The van der Waals surface area contributed by atoms with E-state index in [4.69, 9.17) is 23.2 Å². The van der Waals surface area contributed by atoms with Crippen LogP contribution in [-0.2, 0) is 0 Å². The third-order valence-corrected chi connectivity index (χ3v) is 5.47. The molecule has 1 aliphatic rings. The zero-order valence-electron chi connectivity index (χ0n) is 12.3. The molecule has 2 heterocycles. The maximum absolute atomic E-state index is 12.4. The van der Waals surface area contributed by atoms with Crippen LogP contribution in [0.2, 0.25) is 10.0 Å². The first-order valence-electron chi connectivity index (χ1n) is 7.28. The molecule has 1 unspecified atom stereocenters. The molecule has 3 aromatic rings. The Balaban J connectivity index is 1.66. The lowest BCUT2D eigenvalue weighted by molar-refractivity contribution is 0.0868. The number of nitrogens with zero attached hydrogens (tertiary/aromatic N) is 3. The van der Waals surface area contributed by atoms with Gasteiger partial charge in [-0.1, -0.05) is 47.1 Å². The molecule has 0 fully saturated rings. The van der Waals surface area contributed by atoms with E-state index in [0.29, 0.717) is 27.4 Å². The van der Waals surface area contributed by atoms with Crippen molar-refractivity contribution in [3.05, 3.63) is 64.1 Å². The SMILES string of the molecule is O=C1CC(c2ccc(Cl)cc2)Sc2nc(-c3ccc(Cl)cc3)nn21. The molecule has 1 atom stereocenters. The molecule has 1 aromatic heterocycles. The van der Waals surface area contributed by atoms with Crippen molar-refractivity contribution in [3.63, 3.8) is 0 Å². The van der Waals surface area contributed by atoms with Gasteiger partial charge in [-0.3, -0.25) is 4.79 Å². The summed E-state index contributed by atoms with van der Waals surface area (Å²) in [5.41, 5.74) is 1.89. The summed E-state index contributed by atoms with van der Waals surface area (Å²) in [6, 6.07) is 14.8. The molecule has 0 saturated carbocycles. The summed E-state index contributed by atoms with van der Waals surface area (Å²) in [5, 5.41) is 6.30. The van der Waals surface area contributed by atoms with Gasteiger partial charge in [0, 0.05) is 27.3 Å². The summed E-state index contributed by atoms with van der Waals surface area (Å²) < 4.78 is 1.39. The van der Waals surface area contributed by atoms with Gasteiger partial charge in [0.1, 0.15) is 0 Å². The van der Waals surface area contributed by atoms with E-state index in [2.05, 4.69) is 10.1 Å². The number of rotatable bonds is 2. The first-order chi connectivity index (χ1) is 11.6. The van der Waals surface area contributed by atoms with Crippen LogP contribution in [0.15, 0.2) is 53.7 Å². The fourth-order valence-electron chi connectivity index (χ4n) is 2.54. The fraction of sp³-hybridized carbons (Fsp3) is 0.118. The molecule has 0 bridgehead atoms. The standard InChI is InChI=1S/C17H11Cl2N3OS/c18-12-5-1-10(2-6-12)14-9-15(23)22-17(24-14)20-16(21-22)11-3-7-13(19)8-4-11/h1-8,14H,9H2. The molecule has 120 valence electrons. The fourth-order valence-corrected chi connectivity index (χ4v) is 3.94. The van der Waals surface area contributed by atoms with Crippen LogP contribution in [0.5, 0.6) is 0 Å². The number of aromatic nitrogens is 3. The molecule has 24 heavy (non-hydrogen) atoms. The Morgan fingerprint density at radius 2 is 1.62 bits per heavy atom. The van der Waals surface area contributed by atoms with Crippen molar-refractivity contribution >= 4 is 40.9 Å². The van der Waals surface area contributed by atoms with E-state index in [1.165, 1.54) is 16.4 Å². The van der Waals surface area contributed by atoms with E-state index in [-0.39, 0.29) is 11.2 Å². The number of carbonyl (C=O) groups is 1. The van der Waals surface area contributed by atoms with E-state index >= 15 is 0 Å². The Morgan fingerprint density at radius 3 is 2.29 bits per heavy atom. The molecule has 1 aliphatic heterocycles. The third kappa shape index (κ3) is 2.95. The van der Waals surface area contributed by atoms with Crippen molar-refractivity contribution in [2.24, 2.45) is 0 Å². The Morgan fingerprint density at radius 1 is 1.00 bits per heavy atom. The van der Waals surface area contributed by atoms with Crippen LogP contribution >= 0.6 is 35.0 Å². The van der Waals surface area contributed by atoms with Crippen LogP contribution in [-0.4, -0.2) is 20.7 Å². The van der Waals surface area contributed by atoms with Gasteiger partial charge in [-0.2, -0.15) is 4.68 Å². The lowest BCUT2D eigenvalue weighted by atomic mass is 10.1. The second kappa shape index (κ2) is 6.24. The van der Waals surface area contributed by atoms with E-state index in [9.17, 15) is 4.79 Å². The number of fused-ring (bicyclic) bond motifs is 1. The highest BCUT2D eigenvalue weighted by Gasteiger charge is 2.30. The Labute approximate surface area is 152 Å². The first-order valence-corrected chi connectivity index (χ1v) is 8.92. The molecular weight excluding hydrogens is 365 g/mol. The van der Waals surface area contributed by atoms with Gasteiger partial charge in [-0.15, -0.1) is 5.10 Å². The van der Waals surface area contributed by atoms with Crippen molar-refractivity contribution in [1.29, 1.82) is 0 Å². The van der Waals surface area contributed by atoms with Gasteiger partial charge in [0.05, 0.1) is 0 Å². The minimum absolute atomic E-state index is 0.0181. The van der Waals surface area contributed by atoms with Crippen molar-refractivity contribution in [1.82, 2.24) is 14.8 Å². The van der Waals surface area contributed by atoms with Gasteiger partial charge < -0.3 is 0 Å². The molecule has 0 N–H and O–H groups in total. The molecule has 0 saturated heterocycles. The van der Waals surface area contributed by atoms with E-state index in [1.807, 2.05) is 36.4 Å². The topological polar surface area (TPSA) is 47.8 Å². The van der Waals surface area contributed by atoms with Gasteiger partial charge in [0.25, 0.3) is 5.91 Å². The van der Waals surface area contributed by atoms with E-state index in [0.717, 1.165) is 11.1 Å². The number of halogens is 2. The average molecular weight is 376 g/mol. The molecule has 2 aromatic carbocycles. The molecule has 7 heteroatoms. The summed E-state index contributed by atoms with van der Waals surface area (Å²) in [5.74, 6) is 0.468. The Hall–Kier alpha value is -1.82. The van der Waals surface area contributed by atoms with Crippen LogP contribution in [0.3, 0.4) is 0 Å². The smallest absolute Gasteiger partial charge is 0.250 e. The number of benzene rings is 2. The highest BCUT2D eigenvalue weighted by atomic mass is 35.5. The lowest BCUT2D eigenvalue weighted by Gasteiger charge is -2.20. The minimum atomic E-state index is -0.0589. The molecule has 4 nitrogen and oxygen atoms in total. The number of thioether (sulfide) groups is 1. The van der Waals surface area contributed by atoms with Crippen LogP contribution in [0, 0.1) is 0 Å². The lowest BCUT2D eigenvalue weighted by Crippen LogP contribution is -2.20. The summed E-state index contributed by atoms with van der Waals surface area (Å²) in [6.45, 7) is 0. The molecular formula is C17H11Cl2N3OS. The van der Waals surface area contributed by atoms with Crippen molar-refractivity contribution in [2.45, 2.75) is 16.8 Å². The maximum Gasteiger partial charge on any atom is 0.250 e. The number of carbonyl (C=O) groups excluding carboxylic acids is 1. The van der Waals surface area contributed by atoms with Crippen molar-refractivity contribution in [2.75, 3.05) is 0 Å². The first kappa shape index (κ1) is 15.7. The van der Waals surface area contributed by atoms with Crippen molar-refractivity contribution < 1.29 is 4.79 Å². The summed E-state index contributed by atoms with van der Waals surface area (Å²) in [6.07, 6.45) is 0.378. The van der Waals surface area contributed by atoms with Crippen LogP contribution in [0.25, 0.3) is 11.4 Å². The second-order valence-electron chi connectivity index (χ2n) is 5.39. The number of hydrogen-bond donors (Lipinski definition) is 0. The minimum Gasteiger partial charge on any atom is -0.272 e. The van der Waals surface area contributed by atoms with Gasteiger partial charge >= 0.3 is 0 Å². The predicted octanol–water partition coefficient (Wildman–Crippen LogP) is 5.13. The highest BCUT2D eigenvalue weighted by molar-refractivity contribution is 7.99. The van der Waals surface area contributed by atoms with Crippen LogP contribution < -0.4 is 0 Å². The summed E-state index contributed by atoms with van der Waals surface area (Å²) in [7, 11) is 0. The summed E-state index contributed by atoms with van der Waals surface area (Å²) >= 11 is 13.4. The van der Waals surface area contributed by atoms with Gasteiger partial charge in [0.2, 0.25) is 0 Å². The second-order valence-corrected chi connectivity index (χ2v) is 7.44. The molecule has 0 spiro atoms. The zero-order valence-corrected chi connectivity index (χ0v) is 14.6. The van der Waals surface area contributed by atoms with Gasteiger partial charge in [0.15, 0.2) is 11.0 Å². The Bertz CT molecular complexity index is 907. The van der Waals surface area contributed by atoms with E-state index < -0.39 is 0 Å². The normalized spacial score (nSPS) is 16.9. The molecule has 0 radical (unpaired) electrons. The molecule has 4 rings (SSSR count). The zero-order chi connectivity index (χ0) is 16.7. The van der Waals surface area contributed by atoms with Gasteiger partial charge in [-0.05, 0) is 42.0 Å². The van der Waals surface area contributed by atoms with Crippen LogP contribution in [0.1, 0.15) is 22.0 Å². The third-order valence-electron chi connectivity index (χ3n) is 3.77. The number of hydrogen-bond acceptors (Lipinski definition) is 4. The maximum atomic E-state index is 12.4. The van der Waals surface area contributed by atoms with Gasteiger partial charge in [-0.25, -0.2) is 4.98 Å². The quantitative estimate of drug-likeness (QED) is 0.622. The predicted molar refractivity (Wildman–Crippen MR) is 95.8 cm³/mol. The largest absolute Gasteiger partial charge is 0.272 e. The molecule has 0 aliphatic carbocycles. The Kier molecular flexibility index (Phi) is 4.08.